The molecular weight excluding hydrogens is 656 g/mol. The van der Waals surface area contributed by atoms with E-state index in [0.717, 1.165) is 0 Å². The van der Waals surface area contributed by atoms with E-state index in [9.17, 15) is 22.8 Å². The zero-order valence-electron chi connectivity index (χ0n) is 26.5. The molecular formula is C34H32N4O10S. The lowest BCUT2D eigenvalue weighted by Crippen LogP contribution is -2.33. The van der Waals surface area contributed by atoms with E-state index in [1.165, 1.54) is 16.8 Å². The molecule has 0 unspecified atom stereocenters. The van der Waals surface area contributed by atoms with Crippen LogP contribution < -0.4 is 25.1 Å². The number of aliphatic hydroxyl groups excluding tert-OH is 1. The first kappa shape index (κ1) is 34.7. The Hall–Kier alpha value is -5.64. The molecule has 0 atom stereocenters. The fourth-order valence-corrected chi connectivity index (χ4v) is 5.41. The highest BCUT2D eigenvalue weighted by molar-refractivity contribution is 7.85. The maximum absolute atomic E-state index is 13.6. The number of ether oxygens (including phenoxy) is 3. The highest BCUT2D eigenvalue weighted by Gasteiger charge is 2.26. The summed E-state index contributed by atoms with van der Waals surface area (Å²) in [5, 5.41) is 11.3. The van der Waals surface area contributed by atoms with E-state index in [1.807, 2.05) is 6.07 Å². The number of hydrogen-bond donors (Lipinski definition) is 3. The quantitative estimate of drug-likeness (QED) is 0.187. The van der Waals surface area contributed by atoms with Crippen LogP contribution in [0.15, 0.2) is 83.9 Å². The van der Waals surface area contributed by atoms with Gasteiger partial charge in [-0.15, -0.1) is 0 Å². The number of Topliss-reactive ketones (excluding diaryl/α,β-unsaturated/α-hetero) is 1. The Kier molecular flexibility index (Phi) is 10.7. The van der Waals surface area contributed by atoms with Gasteiger partial charge in [0.15, 0.2) is 17.3 Å². The second-order valence-electron chi connectivity index (χ2n) is 10.6. The van der Waals surface area contributed by atoms with Gasteiger partial charge in [0.05, 0.1) is 38.3 Å². The first-order chi connectivity index (χ1) is 23.5. The molecule has 49 heavy (non-hydrogen) atoms. The number of amides is 1. The zero-order chi connectivity index (χ0) is 35.1. The van der Waals surface area contributed by atoms with Crippen LogP contribution in [-0.2, 0) is 16.5 Å². The number of nitrogens with zero attached hydrogens (tertiary/aromatic N) is 3. The molecule has 1 aliphatic rings. The average molecular weight is 689 g/mol. The number of aliphatic hydroxyl groups is 1. The van der Waals surface area contributed by atoms with Crippen LogP contribution in [0.3, 0.4) is 0 Å². The van der Waals surface area contributed by atoms with E-state index in [0.29, 0.717) is 70.1 Å². The number of fused-ring (bicyclic) bond motifs is 2. The molecule has 0 bridgehead atoms. The molecule has 0 saturated carbocycles. The predicted molar refractivity (Wildman–Crippen MR) is 180 cm³/mol. The van der Waals surface area contributed by atoms with Crippen molar-refractivity contribution in [3.63, 3.8) is 0 Å². The molecule has 0 spiro atoms. The number of pyridine rings is 3. The summed E-state index contributed by atoms with van der Waals surface area (Å²) in [6.45, 7) is -0.529. The number of hydrogen-bond acceptors (Lipinski definition) is 11. The Morgan fingerprint density at radius 2 is 1.67 bits per heavy atom. The van der Waals surface area contributed by atoms with Crippen molar-refractivity contribution < 1.29 is 41.9 Å². The van der Waals surface area contributed by atoms with Crippen molar-refractivity contribution in [1.82, 2.24) is 14.5 Å². The molecule has 254 valence electrons. The molecule has 0 saturated heterocycles. The van der Waals surface area contributed by atoms with E-state index < -0.39 is 33.9 Å². The van der Waals surface area contributed by atoms with Gasteiger partial charge in [-0.1, -0.05) is 18.2 Å². The van der Waals surface area contributed by atoms with E-state index in [4.69, 9.17) is 23.9 Å². The van der Waals surface area contributed by atoms with Crippen LogP contribution >= 0.6 is 0 Å². The maximum Gasteiger partial charge on any atom is 0.268 e. The Morgan fingerprint density at radius 3 is 2.31 bits per heavy atom. The van der Waals surface area contributed by atoms with Crippen molar-refractivity contribution in [1.29, 1.82) is 0 Å². The molecule has 5 aromatic rings. The van der Waals surface area contributed by atoms with Crippen LogP contribution in [0.25, 0.3) is 16.6 Å². The SMILES string of the molecule is COc1cc2nccc(Oc3ccc(NC(=O)c4cc5c(n(-c6ccccc6)c4=O)CCCC5=O)nc3)c2cc1OC.O=S(=O)(O)CCO. The average Bonchev–Trinajstić information content (AvgIpc) is 3.08. The van der Waals surface area contributed by atoms with Crippen LogP contribution in [0.5, 0.6) is 23.0 Å². The van der Waals surface area contributed by atoms with Crippen LogP contribution in [-0.4, -0.2) is 70.9 Å². The maximum atomic E-state index is 13.6. The summed E-state index contributed by atoms with van der Waals surface area (Å²) in [6, 6.07) is 18.9. The fraction of sp³-hybridized carbons (Fsp3) is 0.206. The highest BCUT2D eigenvalue weighted by Crippen LogP contribution is 2.37. The number of nitrogens with one attached hydrogen (secondary N) is 1. The van der Waals surface area contributed by atoms with Crippen molar-refractivity contribution in [2.75, 3.05) is 31.9 Å². The Morgan fingerprint density at radius 1 is 0.939 bits per heavy atom. The third-order valence-corrected chi connectivity index (χ3v) is 8.14. The van der Waals surface area contributed by atoms with Gasteiger partial charge in [0.2, 0.25) is 0 Å². The van der Waals surface area contributed by atoms with Gasteiger partial charge in [-0.3, -0.25) is 28.5 Å². The van der Waals surface area contributed by atoms with Gasteiger partial charge >= 0.3 is 0 Å². The predicted octanol–water partition coefficient (Wildman–Crippen LogP) is 4.23. The molecule has 0 fully saturated rings. The second kappa shape index (κ2) is 15.1. The molecule has 0 radical (unpaired) electrons. The first-order valence-electron chi connectivity index (χ1n) is 14.9. The number of anilines is 1. The second-order valence-corrected chi connectivity index (χ2v) is 12.2. The number of benzene rings is 2. The molecule has 1 amide bonds. The summed E-state index contributed by atoms with van der Waals surface area (Å²) in [7, 11) is -0.816. The van der Waals surface area contributed by atoms with Gasteiger partial charge in [0.25, 0.3) is 21.6 Å². The van der Waals surface area contributed by atoms with Gasteiger partial charge in [-0.05, 0) is 55.3 Å². The van der Waals surface area contributed by atoms with E-state index in [2.05, 4.69) is 15.3 Å². The van der Waals surface area contributed by atoms with Crippen molar-refractivity contribution >= 4 is 38.5 Å². The van der Waals surface area contributed by atoms with Gasteiger partial charge in [-0.2, -0.15) is 8.42 Å². The molecule has 3 aromatic heterocycles. The third kappa shape index (κ3) is 8.09. The summed E-state index contributed by atoms with van der Waals surface area (Å²) in [5.41, 5.74) is 1.64. The fourth-order valence-electron chi connectivity index (χ4n) is 5.18. The Balaban J connectivity index is 0.000000606. The number of carbonyl (C=O) groups is 2. The largest absolute Gasteiger partial charge is 0.493 e. The summed E-state index contributed by atoms with van der Waals surface area (Å²) in [5.74, 6) is 0.924. The van der Waals surface area contributed by atoms with Gasteiger partial charge in [0.1, 0.15) is 22.9 Å². The van der Waals surface area contributed by atoms with E-state index >= 15 is 0 Å². The number of rotatable bonds is 9. The number of methoxy groups -OCH3 is 2. The molecule has 14 nitrogen and oxygen atoms in total. The molecule has 3 N–H and O–H groups in total. The van der Waals surface area contributed by atoms with Crippen LogP contribution in [0.1, 0.15) is 39.3 Å². The van der Waals surface area contributed by atoms with Crippen molar-refractivity contribution in [2.45, 2.75) is 19.3 Å². The Bertz CT molecular complexity index is 2170. The first-order valence-corrected chi connectivity index (χ1v) is 16.5. The third-order valence-electron chi connectivity index (χ3n) is 7.44. The van der Waals surface area contributed by atoms with Gasteiger partial charge in [0, 0.05) is 41.0 Å². The number of carbonyl (C=O) groups excluding carboxylic acids is 2. The molecule has 1 aliphatic carbocycles. The summed E-state index contributed by atoms with van der Waals surface area (Å²) in [6.07, 6.45) is 4.68. The van der Waals surface area contributed by atoms with E-state index in [-0.39, 0.29) is 17.2 Å². The standard InChI is InChI=1S/C32H26N4O6.C2H6O4S/c1-40-28-16-21-24(17-29(28)41-2)33-14-13-27(21)42-20-11-12-30(34-18-20)35-31(38)23-15-22-25(9-6-10-26(22)37)36(32(23)39)19-7-4-3-5-8-19;3-1-2-7(4,5)6/h3-5,7-8,11-18H,6,9-10H2,1-2H3,(H,34,35,38);3H,1-2H2,(H,4,5,6). The number of ketones is 1. The number of para-hydroxylation sites is 1. The monoisotopic (exact) mass is 688 g/mol. The molecule has 0 aliphatic heterocycles. The highest BCUT2D eigenvalue weighted by atomic mass is 32.2. The summed E-state index contributed by atoms with van der Waals surface area (Å²) >= 11 is 0. The minimum Gasteiger partial charge on any atom is -0.493 e. The smallest absolute Gasteiger partial charge is 0.268 e. The molecule has 2 aromatic carbocycles. The summed E-state index contributed by atoms with van der Waals surface area (Å²) in [4.78, 5) is 48.3. The lowest BCUT2D eigenvalue weighted by molar-refractivity contribution is 0.0970. The number of aromatic nitrogens is 3. The lowest BCUT2D eigenvalue weighted by Gasteiger charge is -2.21. The minimum atomic E-state index is -3.92. The van der Waals surface area contributed by atoms with Crippen molar-refractivity contribution in [3.05, 3.63) is 106 Å². The molecule has 3 heterocycles. The Labute approximate surface area is 280 Å². The zero-order valence-corrected chi connectivity index (χ0v) is 27.3. The van der Waals surface area contributed by atoms with Gasteiger partial charge in [-0.25, -0.2) is 4.98 Å². The van der Waals surface area contributed by atoms with Crippen LogP contribution in [0.2, 0.25) is 0 Å². The molecule has 15 heteroatoms. The normalized spacial score (nSPS) is 12.4. The van der Waals surface area contributed by atoms with Crippen molar-refractivity contribution in [3.8, 4) is 28.7 Å². The van der Waals surface area contributed by atoms with Crippen LogP contribution in [0, 0.1) is 0 Å². The topological polar surface area (TPSA) is 196 Å². The molecule has 6 rings (SSSR count). The lowest BCUT2D eigenvalue weighted by atomic mass is 9.92. The van der Waals surface area contributed by atoms with Crippen molar-refractivity contribution in [2.24, 2.45) is 0 Å². The van der Waals surface area contributed by atoms with E-state index in [1.54, 1.807) is 75.0 Å². The van der Waals surface area contributed by atoms with Crippen LogP contribution in [0.4, 0.5) is 5.82 Å². The minimum absolute atomic E-state index is 0.0886. The summed E-state index contributed by atoms with van der Waals surface area (Å²) < 4.78 is 45.4. The van der Waals surface area contributed by atoms with Gasteiger partial charge < -0.3 is 24.6 Å².